The van der Waals surface area contributed by atoms with E-state index in [0.29, 0.717) is 11.3 Å². The number of nitrogens with zero attached hydrogens (tertiary/aromatic N) is 2. The summed E-state index contributed by atoms with van der Waals surface area (Å²) in [7, 11) is 0. The summed E-state index contributed by atoms with van der Waals surface area (Å²) >= 11 is 5.64. The van der Waals surface area contributed by atoms with E-state index in [1.165, 1.54) is 24.4 Å². The summed E-state index contributed by atoms with van der Waals surface area (Å²) in [6, 6.07) is 7.68. The first kappa shape index (κ1) is 12.3. The van der Waals surface area contributed by atoms with Crippen molar-refractivity contribution in [1.82, 2.24) is 4.98 Å². The highest BCUT2D eigenvalue weighted by Crippen LogP contribution is 2.27. The van der Waals surface area contributed by atoms with Gasteiger partial charge in [0.15, 0.2) is 0 Å². The third kappa shape index (κ3) is 2.41. The van der Waals surface area contributed by atoms with Crippen LogP contribution in [0.3, 0.4) is 0 Å². The smallest absolute Gasteiger partial charge is 0.237 e. The van der Waals surface area contributed by atoms with E-state index in [9.17, 15) is 4.39 Å². The highest BCUT2D eigenvalue weighted by molar-refractivity contribution is 6.30. The molecule has 0 spiro atoms. The summed E-state index contributed by atoms with van der Waals surface area (Å²) in [4.78, 5) is 3.98. The minimum Gasteiger partial charge on any atom is -0.438 e. The van der Waals surface area contributed by atoms with E-state index in [4.69, 9.17) is 21.6 Å². The van der Waals surface area contributed by atoms with Gasteiger partial charge in [-0.3, -0.25) is 0 Å². The maximum atomic E-state index is 13.0. The van der Waals surface area contributed by atoms with Gasteiger partial charge in [-0.05, 0) is 30.7 Å². The van der Waals surface area contributed by atoms with Gasteiger partial charge in [0.2, 0.25) is 5.88 Å². The SMILES string of the molecule is Cc1ccnc(Oc2ccc(F)c(Cl)c2)c1C#N. The Labute approximate surface area is 108 Å². The summed E-state index contributed by atoms with van der Waals surface area (Å²) in [6.07, 6.45) is 1.54. The number of nitriles is 1. The fraction of sp³-hybridized carbons (Fsp3) is 0.0769. The third-order valence-corrected chi connectivity index (χ3v) is 2.63. The number of hydrogen-bond acceptors (Lipinski definition) is 3. The molecule has 90 valence electrons. The lowest BCUT2D eigenvalue weighted by molar-refractivity contribution is 0.459. The molecule has 0 radical (unpaired) electrons. The van der Waals surface area contributed by atoms with Crippen molar-refractivity contribution in [2.75, 3.05) is 0 Å². The fourth-order valence-corrected chi connectivity index (χ4v) is 1.57. The number of aromatic nitrogens is 1. The lowest BCUT2D eigenvalue weighted by atomic mass is 10.2. The molecule has 0 saturated heterocycles. The van der Waals surface area contributed by atoms with Crippen LogP contribution in [-0.2, 0) is 0 Å². The summed E-state index contributed by atoms with van der Waals surface area (Å²) in [5.74, 6) is -0.0158. The lowest BCUT2D eigenvalue weighted by Crippen LogP contribution is -1.94. The van der Waals surface area contributed by atoms with Crippen molar-refractivity contribution in [2.45, 2.75) is 6.92 Å². The summed E-state index contributed by atoms with van der Waals surface area (Å²) in [5.41, 5.74) is 1.11. The summed E-state index contributed by atoms with van der Waals surface area (Å²) in [5, 5.41) is 8.98. The van der Waals surface area contributed by atoms with E-state index in [-0.39, 0.29) is 10.9 Å². The van der Waals surface area contributed by atoms with Crippen molar-refractivity contribution in [3.05, 3.63) is 52.4 Å². The molecular weight excluding hydrogens is 255 g/mol. The molecule has 0 unspecified atom stereocenters. The molecule has 0 aliphatic heterocycles. The van der Waals surface area contributed by atoms with E-state index in [1.807, 2.05) is 6.07 Å². The summed E-state index contributed by atoms with van der Waals surface area (Å²) in [6.45, 7) is 1.78. The van der Waals surface area contributed by atoms with Crippen LogP contribution in [0, 0.1) is 24.1 Å². The molecule has 3 nitrogen and oxygen atoms in total. The molecule has 0 amide bonds. The Morgan fingerprint density at radius 1 is 1.39 bits per heavy atom. The number of hydrogen-bond donors (Lipinski definition) is 0. The van der Waals surface area contributed by atoms with Crippen LogP contribution in [0.4, 0.5) is 4.39 Å². The van der Waals surface area contributed by atoms with Gasteiger partial charge in [-0.25, -0.2) is 9.37 Å². The second kappa shape index (κ2) is 5.03. The number of rotatable bonds is 2. The topological polar surface area (TPSA) is 45.9 Å². The molecule has 1 heterocycles. The quantitative estimate of drug-likeness (QED) is 0.826. The van der Waals surface area contributed by atoms with E-state index in [1.54, 1.807) is 13.0 Å². The molecule has 0 bridgehead atoms. The molecule has 0 saturated carbocycles. The zero-order chi connectivity index (χ0) is 13.1. The van der Waals surface area contributed by atoms with Crippen molar-refractivity contribution in [3.8, 4) is 17.7 Å². The molecule has 1 aromatic carbocycles. The van der Waals surface area contributed by atoms with Crippen molar-refractivity contribution < 1.29 is 9.13 Å². The van der Waals surface area contributed by atoms with E-state index >= 15 is 0 Å². The van der Waals surface area contributed by atoms with Crippen LogP contribution < -0.4 is 4.74 Å². The maximum Gasteiger partial charge on any atom is 0.237 e. The van der Waals surface area contributed by atoms with Gasteiger partial charge in [0.25, 0.3) is 0 Å². The Hall–Kier alpha value is -2.12. The van der Waals surface area contributed by atoms with Gasteiger partial charge in [-0.15, -0.1) is 0 Å². The van der Waals surface area contributed by atoms with Crippen LogP contribution >= 0.6 is 11.6 Å². The normalized spacial score (nSPS) is 9.89. The first-order chi connectivity index (χ1) is 8.61. The second-order valence-electron chi connectivity index (χ2n) is 3.60. The molecule has 2 aromatic rings. The van der Waals surface area contributed by atoms with Crippen molar-refractivity contribution in [2.24, 2.45) is 0 Å². The largest absolute Gasteiger partial charge is 0.438 e. The van der Waals surface area contributed by atoms with Crippen molar-refractivity contribution in [3.63, 3.8) is 0 Å². The first-order valence-corrected chi connectivity index (χ1v) is 5.48. The average Bonchev–Trinajstić information content (AvgIpc) is 2.34. The Morgan fingerprint density at radius 2 is 2.17 bits per heavy atom. The molecule has 1 aromatic heterocycles. The van der Waals surface area contributed by atoms with Gasteiger partial charge in [0.1, 0.15) is 23.2 Å². The van der Waals surface area contributed by atoms with Crippen LogP contribution in [0.2, 0.25) is 5.02 Å². The van der Waals surface area contributed by atoms with Gasteiger partial charge in [0, 0.05) is 12.3 Å². The van der Waals surface area contributed by atoms with E-state index in [0.717, 1.165) is 5.56 Å². The number of aryl methyl sites for hydroxylation is 1. The van der Waals surface area contributed by atoms with Crippen LogP contribution in [0.5, 0.6) is 11.6 Å². The molecule has 0 N–H and O–H groups in total. The Balaban J connectivity index is 2.37. The van der Waals surface area contributed by atoms with Crippen LogP contribution in [-0.4, -0.2) is 4.98 Å². The minimum absolute atomic E-state index is 0.0429. The monoisotopic (exact) mass is 262 g/mol. The van der Waals surface area contributed by atoms with Crippen molar-refractivity contribution >= 4 is 11.6 Å². The first-order valence-electron chi connectivity index (χ1n) is 5.10. The molecule has 2 rings (SSSR count). The van der Waals surface area contributed by atoms with Crippen LogP contribution in [0.15, 0.2) is 30.5 Å². The highest BCUT2D eigenvalue weighted by Gasteiger charge is 2.10. The molecule has 18 heavy (non-hydrogen) atoms. The molecular formula is C13H8ClFN2O. The number of ether oxygens (including phenoxy) is 1. The Bertz CT molecular complexity index is 637. The predicted molar refractivity (Wildman–Crippen MR) is 65.2 cm³/mol. The molecule has 0 atom stereocenters. The number of pyridine rings is 1. The van der Waals surface area contributed by atoms with Crippen LogP contribution in [0.25, 0.3) is 0 Å². The standard InChI is InChI=1S/C13H8ClFN2O/c1-8-4-5-17-13(10(8)7-16)18-9-2-3-12(15)11(14)6-9/h2-6H,1H3. The fourth-order valence-electron chi connectivity index (χ4n) is 1.40. The average molecular weight is 263 g/mol. The van der Waals surface area contributed by atoms with Gasteiger partial charge in [0.05, 0.1) is 5.02 Å². The number of halogens is 2. The molecule has 0 fully saturated rings. The summed E-state index contributed by atoms with van der Waals surface area (Å²) < 4.78 is 18.4. The molecule has 5 heteroatoms. The maximum absolute atomic E-state index is 13.0. The minimum atomic E-state index is -0.526. The van der Waals surface area contributed by atoms with Crippen LogP contribution in [0.1, 0.15) is 11.1 Å². The van der Waals surface area contributed by atoms with Gasteiger partial charge in [-0.1, -0.05) is 11.6 Å². The van der Waals surface area contributed by atoms with E-state index in [2.05, 4.69) is 4.98 Å². The zero-order valence-electron chi connectivity index (χ0n) is 9.45. The van der Waals surface area contributed by atoms with E-state index < -0.39 is 5.82 Å². The predicted octanol–water partition coefficient (Wildman–Crippen LogP) is 3.85. The second-order valence-corrected chi connectivity index (χ2v) is 4.00. The Morgan fingerprint density at radius 3 is 2.83 bits per heavy atom. The lowest BCUT2D eigenvalue weighted by Gasteiger charge is -2.07. The van der Waals surface area contributed by atoms with Gasteiger partial charge in [-0.2, -0.15) is 5.26 Å². The van der Waals surface area contributed by atoms with Crippen molar-refractivity contribution in [1.29, 1.82) is 5.26 Å². The third-order valence-electron chi connectivity index (χ3n) is 2.34. The van der Waals surface area contributed by atoms with Gasteiger partial charge < -0.3 is 4.74 Å². The molecule has 0 aliphatic rings. The highest BCUT2D eigenvalue weighted by atomic mass is 35.5. The Kier molecular flexibility index (Phi) is 3.45. The number of benzene rings is 1. The van der Waals surface area contributed by atoms with Gasteiger partial charge >= 0.3 is 0 Å². The zero-order valence-corrected chi connectivity index (χ0v) is 10.2. The molecule has 0 aliphatic carbocycles.